The summed E-state index contributed by atoms with van der Waals surface area (Å²) in [5.74, 6) is -0.422. The van der Waals surface area contributed by atoms with Crippen molar-refractivity contribution in [1.82, 2.24) is 9.88 Å². The molecule has 2 rings (SSSR count). The second-order valence-corrected chi connectivity index (χ2v) is 5.60. The van der Waals surface area contributed by atoms with Crippen molar-refractivity contribution in [2.45, 2.75) is 25.4 Å². The van der Waals surface area contributed by atoms with Crippen LogP contribution < -0.4 is 0 Å². The van der Waals surface area contributed by atoms with Gasteiger partial charge in [0.1, 0.15) is 5.56 Å². The Morgan fingerprint density at radius 3 is 2.95 bits per heavy atom. The van der Waals surface area contributed by atoms with Crippen molar-refractivity contribution in [2.75, 3.05) is 20.2 Å². The molecule has 1 unspecified atom stereocenters. The zero-order valence-corrected chi connectivity index (χ0v) is 12.6. The molecular formula is C13H16ClN3O4. The predicted octanol–water partition coefficient (Wildman–Crippen LogP) is 2.28. The Balaban J connectivity index is 2.33. The predicted molar refractivity (Wildman–Crippen MR) is 76.5 cm³/mol. The fourth-order valence-electron chi connectivity index (χ4n) is 2.49. The van der Waals surface area contributed by atoms with Gasteiger partial charge in [-0.25, -0.2) is 4.98 Å². The fourth-order valence-corrected chi connectivity index (χ4v) is 2.72. The summed E-state index contributed by atoms with van der Waals surface area (Å²) in [6, 6.07) is 1.32. The van der Waals surface area contributed by atoms with Crippen LogP contribution in [-0.4, -0.2) is 46.5 Å². The molecule has 1 saturated heterocycles. The molecule has 1 aromatic heterocycles. The number of carbonyl (C=O) groups is 1. The molecule has 0 spiro atoms. The Kier molecular flexibility index (Phi) is 4.43. The van der Waals surface area contributed by atoms with Crippen LogP contribution in [0.3, 0.4) is 0 Å². The largest absolute Gasteiger partial charge is 0.377 e. The Bertz CT molecular complexity index is 581. The molecule has 1 aliphatic rings. The zero-order valence-electron chi connectivity index (χ0n) is 11.8. The summed E-state index contributed by atoms with van der Waals surface area (Å²) in [6.07, 6.45) is 2.91. The summed E-state index contributed by atoms with van der Waals surface area (Å²) in [6.45, 7) is 2.84. The lowest BCUT2D eigenvalue weighted by Crippen LogP contribution is -2.49. The first-order valence-electron chi connectivity index (χ1n) is 6.51. The van der Waals surface area contributed by atoms with Gasteiger partial charge in [0.2, 0.25) is 5.15 Å². The maximum absolute atomic E-state index is 12.6. The van der Waals surface area contributed by atoms with Crippen molar-refractivity contribution < 1.29 is 14.5 Å². The number of nitrogens with zero attached hydrogens (tertiary/aromatic N) is 3. The number of hydrogen-bond donors (Lipinski definition) is 0. The van der Waals surface area contributed by atoms with Gasteiger partial charge in [-0.1, -0.05) is 11.6 Å². The molecule has 114 valence electrons. The molecule has 1 aliphatic heterocycles. The first-order valence-corrected chi connectivity index (χ1v) is 6.89. The summed E-state index contributed by atoms with van der Waals surface area (Å²) in [5, 5.41) is 10.8. The van der Waals surface area contributed by atoms with E-state index in [1.165, 1.54) is 12.3 Å². The summed E-state index contributed by atoms with van der Waals surface area (Å²) in [7, 11) is 1.60. The van der Waals surface area contributed by atoms with Crippen molar-refractivity contribution in [2.24, 2.45) is 0 Å². The fraction of sp³-hybridized carbons (Fsp3) is 0.538. The Labute approximate surface area is 127 Å². The van der Waals surface area contributed by atoms with Gasteiger partial charge in [0.05, 0.1) is 10.5 Å². The molecule has 1 atom stereocenters. The molecule has 2 heterocycles. The van der Waals surface area contributed by atoms with Crippen LogP contribution in [0, 0.1) is 10.1 Å². The lowest BCUT2D eigenvalue weighted by molar-refractivity contribution is -0.385. The van der Waals surface area contributed by atoms with Crippen LogP contribution in [0.25, 0.3) is 0 Å². The quantitative estimate of drug-likeness (QED) is 0.485. The van der Waals surface area contributed by atoms with E-state index in [4.69, 9.17) is 16.3 Å². The maximum atomic E-state index is 12.6. The number of ether oxygens (including phenoxy) is 1. The number of aromatic nitrogens is 1. The van der Waals surface area contributed by atoms with E-state index in [0.29, 0.717) is 13.1 Å². The van der Waals surface area contributed by atoms with Crippen LogP contribution in [0.4, 0.5) is 5.69 Å². The van der Waals surface area contributed by atoms with E-state index in [1.807, 2.05) is 6.92 Å². The summed E-state index contributed by atoms with van der Waals surface area (Å²) in [5.41, 5.74) is -0.923. The van der Waals surface area contributed by atoms with Gasteiger partial charge >= 0.3 is 5.69 Å². The SMILES string of the molecule is COC1(C)CCCN(C(=O)c2ccnc(Cl)c2[N+](=O)[O-])C1. The van der Waals surface area contributed by atoms with Crippen molar-refractivity contribution in [1.29, 1.82) is 0 Å². The average Bonchev–Trinajstić information content (AvgIpc) is 2.46. The first kappa shape index (κ1) is 15.7. The minimum atomic E-state index is -0.679. The van der Waals surface area contributed by atoms with Gasteiger partial charge in [0.25, 0.3) is 5.91 Å². The van der Waals surface area contributed by atoms with Crippen molar-refractivity contribution in [3.8, 4) is 0 Å². The molecule has 0 N–H and O–H groups in total. The molecule has 0 aliphatic carbocycles. The normalized spacial score (nSPS) is 22.1. The first-order chi connectivity index (χ1) is 9.88. The molecule has 21 heavy (non-hydrogen) atoms. The molecule has 0 radical (unpaired) electrons. The van der Waals surface area contributed by atoms with E-state index in [1.54, 1.807) is 12.0 Å². The van der Waals surface area contributed by atoms with Crippen LogP contribution in [0.2, 0.25) is 5.15 Å². The molecule has 1 amide bonds. The van der Waals surface area contributed by atoms with E-state index >= 15 is 0 Å². The van der Waals surface area contributed by atoms with Crippen molar-refractivity contribution >= 4 is 23.2 Å². The van der Waals surface area contributed by atoms with Gasteiger partial charge < -0.3 is 9.64 Å². The van der Waals surface area contributed by atoms with Gasteiger partial charge in [-0.3, -0.25) is 14.9 Å². The average molecular weight is 314 g/mol. The number of piperidine rings is 1. The van der Waals surface area contributed by atoms with Gasteiger partial charge in [-0.05, 0) is 25.8 Å². The van der Waals surface area contributed by atoms with E-state index in [2.05, 4.69) is 4.98 Å². The van der Waals surface area contributed by atoms with E-state index in [-0.39, 0.29) is 10.7 Å². The molecule has 1 aromatic rings. The standard InChI is InChI=1S/C13H16ClN3O4/c1-13(21-2)5-3-7-16(8-13)12(18)9-4-6-15-11(14)10(9)17(19)20/h4,6H,3,5,7-8H2,1-2H3. The molecule has 0 aromatic carbocycles. The zero-order chi connectivity index (χ0) is 15.6. The minimum absolute atomic E-state index is 0.0413. The Morgan fingerprint density at radius 1 is 1.62 bits per heavy atom. The third-order valence-corrected chi connectivity index (χ3v) is 4.01. The second kappa shape index (κ2) is 5.95. The van der Waals surface area contributed by atoms with Gasteiger partial charge in [0, 0.05) is 26.4 Å². The number of likely N-dealkylation sites (tertiary alicyclic amines) is 1. The monoisotopic (exact) mass is 313 g/mol. The molecule has 0 bridgehead atoms. The number of hydrogen-bond acceptors (Lipinski definition) is 5. The van der Waals surface area contributed by atoms with Crippen molar-refractivity contribution in [3.05, 3.63) is 33.1 Å². The number of nitro groups is 1. The van der Waals surface area contributed by atoms with E-state index < -0.39 is 22.1 Å². The van der Waals surface area contributed by atoms with Crippen molar-refractivity contribution in [3.63, 3.8) is 0 Å². The van der Waals surface area contributed by atoms with Crippen LogP contribution in [0.5, 0.6) is 0 Å². The number of pyridine rings is 1. The molecule has 1 fully saturated rings. The molecular weight excluding hydrogens is 298 g/mol. The van der Waals surface area contributed by atoms with Crippen LogP contribution in [0.1, 0.15) is 30.1 Å². The number of amides is 1. The number of methoxy groups -OCH3 is 1. The van der Waals surface area contributed by atoms with Gasteiger partial charge in [0.15, 0.2) is 0 Å². The summed E-state index contributed by atoms with van der Waals surface area (Å²) >= 11 is 5.74. The number of rotatable bonds is 3. The lowest BCUT2D eigenvalue weighted by Gasteiger charge is -2.39. The highest BCUT2D eigenvalue weighted by molar-refractivity contribution is 6.32. The molecule has 0 saturated carbocycles. The van der Waals surface area contributed by atoms with Crippen LogP contribution in [-0.2, 0) is 4.74 Å². The highest BCUT2D eigenvalue weighted by Crippen LogP contribution is 2.30. The number of halogens is 1. The minimum Gasteiger partial charge on any atom is -0.377 e. The smallest absolute Gasteiger partial charge is 0.319 e. The highest BCUT2D eigenvalue weighted by Gasteiger charge is 2.36. The maximum Gasteiger partial charge on any atom is 0.319 e. The Morgan fingerprint density at radius 2 is 2.33 bits per heavy atom. The van der Waals surface area contributed by atoms with Crippen LogP contribution >= 0.6 is 11.6 Å². The summed E-state index contributed by atoms with van der Waals surface area (Å²) in [4.78, 5) is 28.2. The highest BCUT2D eigenvalue weighted by atomic mass is 35.5. The lowest BCUT2D eigenvalue weighted by atomic mass is 9.94. The Hall–Kier alpha value is -1.73. The number of carbonyl (C=O) groups excluding carboxylic acids is 1. The third-order valence-electron chi connectivity index (χ3n) is 3.73. The molecule has 8 heteroatoms. The van der Waals surface area contributed by atoms with Gasteiger partial charge in [-0.2, -0.15) is 0 Å². The topological polar surface area (TPSA) is 85.6 Å². The van der Waals surface area contributed by atoms with Gasteiger partial charge in [-0.15, -0.1) is 0 Å². The second-order valence-electron chi connectivity index (χ2n) is 5.24. The van der Waals surface area contributed by atoms with E-state index in [9.17, 15) is 14.9 Å². The third kappa shape index (κ3) is 3.14. The van der Waals surface area contributed by atoms with E-state index in [0.717, 1.165) is 12.8 Å². The summed E-state index contributed by atoms with van der Waals surface area (Å²) < 4.78 is 5.43. The molecule has 7 nitrogen and oxygen atoms in total. The van der Waals surface area contributed by atoms with Crippen LogP contribution in [0.15, 0.2) is 12.3 Å².